The highest BCUT2D eigenvalue weighted by Gasteiger charge is 2.07. The molecule has 1 aromatic carbocycles. The minimum atomic E-state index is 0.108. The first kappa shape index (κ1) is 10.9. The second-order valence-electron chi connectivity index (χ2n) is 3.82. The van der Waals surface area contributed by atoms with Crippen molar-refractivity contribution < 1.29 is 4.79 Å². The van der Waals surface area contributed by atoms with E-state index in [0.717, 1.165) is 11.1 Å². The Morgan fingerprint density at radius 1 is 1.36 bits per heavy atom. The van der Waals surface area contributed by atoms with Gasteiger partial charge in [0.25, 0.3) is 0 Å². The molecule has 0 spiro atoms. The summed E-state index contributed by atoms with van der Waals surface area (Å²) < 4.78 is 0. The van der Waals surface area contributed by atoms with Crippen molar-refractivity contribution in [3.63, 3.8) is 0 Å². The maximum Gasteiger partial charge on any atom is 0.139 e. The van der Waals surface area contributed by atoms with Gasteiger partial charge < -0.3 is 5.73 Å². The Bertz CT molecular complexity index is 318. The molecule has 0 atom stereocenters. The molecule has 0 saturated carbocycles. The minimum Gasteiger partial charge on any atom is -0.326 e. The summed E-state index contributed by atoms with van der Waals surface area (Å²) in [5.41, 5.74) is 7.67. The van der Waals surface area contributed by atoms with Crippen LogP contribution in [0.15, 0.2) is 24.3 Å². The molecule has 0 aliphatic heterocycles. The molecule has 1 rings (SSSR count). The molecule has 0 fully saturated rings. The van der Waals surface area contributed by atoms with Gasteiger partial charge in [-0.3, -0.25) is 4.79 Å². The highest BCUT2D eigenvalue weighted by Crippen LogP contribution is 2.08. The zero-order valence-corrected chi connectivity index (χ0v) is 8.79. The molecule has 0 aliphatic rings. The predicted molar refractivity (Wildman–Crippen MR) is 57.9 cm³/mol. The van der Waals surface area contributed by atoms with Gasteiger partial charge in [-0.2, -0.15) is 0 Å². The fourth-order valence-electron chi connectivity index (χ4n) is 1.27. The van der Waals surface area contributed by atoms with Crippen molar-refractivity contribution in [1.82, 2.24) is 0 Å². The Morgan fingerprint density at radius 3 is 2.57 bits per heavy atom. The third-order valence-corrected chi connectivity index (χ3v) is 2.25. The average Bonchev–Trinajstić information content (AvgIpc) is 2.18. The second kappa shape index (κ2) is 4.91. The first-order valence-electron chi connectivity index (χ1n) is 4.94. The molecule has 2 N–H and O–H groups in total. The predicted octanol–water partition coefficient (Wildman–Crippen LogP) is 1.91. The molecule has 0 amide bonds. The van der Waals surface area contributed by atoms with Gasteiger partial charge in [0.05, 0.1) is 0 Å². The first-order chi connectivity index (χ1) is 6.63. The molecule has 1 aromatic rings. The maximum atomic E-state index is 11.5. The van der Waals surface area contributed by atoms with Crippen LogP contribution in [0.1, 0.15) is 25.0 Å². The number of carbonyl (C=O) groups excluding carboxylic acids is 1. The van der Waals surface area contributed by atoms with Crippen LogP contribution in [0.3, 0.4) is 0 Å². The van der Waals surface area contributed by atoms with Crippen LogP contribution in [0.2, 0.25) is 0 Å². The Hall–Kier alpha value is -1.15. The zero-order valence-electron chi connectivity index (χ0n) is 8.79. The van der Waals surface area contributed by atoms with Crippen molar-refractivity contribution in [3.05, 3.63) is 35.4 Å². The summed E-state index contributed by atoms with van der Waals surface area (Å²) in [6, 6.07) is 7.90. The van der Waals surface area contributed by atoms with Gasteiger partial charge in [0.2, 0.25) is 0 Å². The molecule has 76 valence electrons. The Kier molecular flexibility index (Phi) is 3.84. The summed E-state index contributed by atoms with van der Waals surface area (Å²) in [6.07, 6.45) is 0.519. The standard InChI is InChI=1S/C12H17NO/c1-9(2)12(14)7-10-4-3-5-11(6-10)8-13/h3-6,9H,7-8,13H2,1-2H3. The lowest BCUT2D eigenvalue weighted by molar-refractivity contribution is -0.121. The quantitative estimate of drug-likeness (QED) is 0.790. The number of hydrogen-bond acceptors (Lipinski definition) is 2. The van der Waals surface area contributed by atoms with Crippen molar-refractivity contribution in [2.75, 3.05) is 0 Å². The monoisotopic (exact) mass is 191 g/mol. The molecule has 2 nitrogen and oxygen atoms in total. The van der Waals surface area contributed by atoms with E-state index in [2.05, 4.69) is 0 Å². The van der Waals surface area contributed by atoms with E-state index in [0.29, 0.717) is 13.0 Å². The smallest absolute Gasteiger partial charge is 0.139 e. The maximum absolute atomic E-state index is 11.5. The summed E-state index contributed by atoms with van der Waals surface area (Å²) in [5.74, 6) is 0.385. The summed E-state index contributed by atoms with van der Waals surface area (Å²) in [6.45, 7) is 4.38. The normalized spacial score (nSPS) is 10.6. The van der Waals surface area contributed by atoms with E-state index in [9.17, 15) is 4.79 Å². The van der Waals surface area contributed by atoms with E-state index in [1.807, 2.05) is 38.1 Å². The van der Waals surface area contributed by atoms with E-state index in [-0.39, 0.29) is 11.7 Å². The van der Waals surface area contributed by atoms with Crippen LogP contribution in [0, 0.1) is 5.92 Å². The molecule has 0 aliphatic carbocycles. The van der Waals surface area contributed by atoms with E-state index in [4.69, 9.17) is 5.73 Å². The highest BCUT2D eigenvalue weighted by atomic mass is 16.1. The van der Waals surface area contributed by atoms with Gasteiger partial charge in [0.1, 0.15) is 5.78 Å². The molecule has 0 unspecified atom stereocenters. The lowest BCUT2D eigenvalue weighted by atomic mass is 10.00. The number of Topliss-reactive ketones (excluding diaryl/α,β-unsaturated/α-hetero) is 1. The largest absolute Gasteiger partial charge is 0.326 e. The van der Waals surface area contributed by atoms with Crippen LogP contribution in [0.5, 0.6) is 0 Å². The Morgan fingerprint density at radius 2 is 2.00 bits per heavy atom. The third kappa shape index (κ3) is 2.96. The second-order valence-corrected chi connectivity index (χ2v) is 3.82. The summed E-state index contributed by atoms with van der Waals surface area (Å²) in [5, 5.41) is 0. The van der Waals surface area contributed by atoms with Crippen LogP contribution in [-0.4, -0.2) is 5.78 Å². The summed E-state index contributed by atoms with van der Waals surface area (Å²) >= 11 is 0. The van der Waals surface area contributed by atoms with Crippen molar-refractivity contribution in [2.24, 2.45) is 11.7 Å². The Labute approximate surface area is 85.1 Å². The van der Waals surface area contributed by atoms with Crippen LogP contribution in [0.25, 0.3) is 0 Å². The van der Waals surface area contributed by atoms with E-state index in [1.54, 1.807) is 0 Å². The van der Waals surface area contributed by atoms with Gasteiger partial charge in [-0.05, 0) is 11.1 Å². The van der Waals surface area contributed by atoms with Crippen molar-refractivity contribution in [1.29, 1.82) is 0 Å². The highest BCUT2D eigenvalue weighted by molar-refractivity contribution is 5.82. The van der Waals surface area contributed by atoms with Gasteiger partial charge in [-0.25, -0.2) is 0 Å². The van der Waals surface area contributed by atoms with Gasteiger partial charge >= 0.3 is 0 Å². The van der Waals surface area contributed by atoms with Gasteiger partial charge in [-0.1, -0.05) is 38.1 Å². The number of benzene rings is 1. The number of nitrogens with two attached hydrogens (primary N) is 1. The lowest BCUT2D eigenvalue weighted by Crippen LogP contribution is -2.10. The number of hydrogen-bond donors (Lipinski definition) is 1. The van der Waals surface area contributed by atoms with Crippen LogP contribution in [0.4, 0.5) is 0 Å². The molecule has 0 radical (unpaired) electrons. The van der Waals surface area contributed by atoms with Crippen LogP contribution < -0.4 is 5.73 Å². The van der Waals surface area contributed by atoms with Gasteiger partial charge in [0, 0.05) is 18.9 Å². The number of ketones is 1. The van der Waals surface area contributed by atoms with Crippen molar-refractivity contribution in [3.8, 4) is 0 Å². The molecular formula is C12H17NO. The van der Waals surface area contributed by atoms with E-state index in [1.165, 1.54) is 0 Å². The molecule has 0 aromatic heterocycles. The van der Waals surface area contributed by atoms with Gasteiger partial charge in [0.15, 0.2) is 0 Å². The van der Waals surface area contributed by atoms with Crippen molar-refractivity contribution >= 4 is 5.78 Å². The molecule has 0 saturated heterocycles. The minimum absolute atomic E-state index is 0.108. The van der Waals surface area contributed by atoms with E-state index >= 15 is 0 Å². The summed E-state index contributed by atoms with van der Waals surface area (Å²) in [4.78, 5) is 11.5. The van der Waals surface area contributed by atoms with Crippen LogP contribution in [-0.2, 0) is 17.8 Å². The number of rotatable bonds is 4. The SMILES string of the molecule is CC(C)C(=O)Cc1cccc(CN)c1. The zero-order chi connectivity index (χ0) is 10.6. The number of carbonyl (C=O) groups is 1. The van der Waals surface area contributed by atoms with E-state index < -0.39 is 0 Å². The Balaban J connectivity index is 2.72. The molecular weight excluding hydrogens is 174 g/mol. The van der Waals surface area contributed by atoms with Gasteiger partial charge in [-0.15, -0.1) is 0 Å². The fraction of sp³-hybridized carbons (Fsp3) is 0.417. The molecule has 0 heterocycles. The van der Waals surface area contributed by atoms with Crippen molar-refractivity contribution in [2.45, 2.75) is 26.8 Å². The summed E-state index contributed by atoms with van der Waals surface area (Å²) in [7, 11) is 0. The topological polar surface area (TPSA) is 43.1 Å². The fourth-order valence-corrected chi connectivity index (χ4v) is 1.27. The molecule has 0 bridgehead atoms. The molecule has 2 heteroatoms. The first-order valence-corrected chi connectivity index (χ1v) is 4.94. The lowest BCUT2D eigenvalue weighted by Gasteiger charge is -2.05. The average molecular weight is 191 g/mol. The third-order valence-electron chi connectivity index (χ3n) is 2.25. The molecule has 14 heavy (non-hydrogen) atoms. The van der Waals surface area contributed by atoms with Crippen LogP contribution >= 0.6 is 0 Å².